The fourth-order valence-corrected chi connectivity index (χ4v) is 3.48. The van der Waals surface area contributed by atoms with Gasteiger partial charge in [0.2, 0.25) is 0 Å². The van der Waals surface area contributed by atoms with Crippen LogP contribution in [0.15, 0.2) is 48.5 Å². The van der Waals surface area contributed by atoms with E-state index in [-0.39, 0.29) is 17.9 Å². The van der Waals surface area contributed by atoms with Crippen molar-refractivity contribution in [3.8, 4) is 0 Å². The first-order valence-corrected chi connectivity index (χ1v) is 10.4. The lowest BCUT2D eigenvalue weighted by Gasteiger charge is -2.34. The number of amides is 1. The maximum absolute atomic E-state index is 13.0. The predicted octanol–water partition coefficient (Wildman–Crippen LogP) is 4.29. The molecule has 0 saturated carbocycles. The third-order valence-electron chi connectivity index (χ3n) is 5.11. The van der Waals surface area contributed by atoms with E-state index in [0.29, 0.717) is 0 Å². The minimum Gasteiger partial charge on any atom is -0.443 e. The summed E-state index contributed by atoms with van der Waals surface area (Å²) in [6, 6.07) is 14.4. The summed E-state index contributed by atoms with van der Waals surface area (Å²) in [4.78, 5) is 30.3. The highest BCUT2D eigenvalue weighted by molar-refractivity contribution is 5.91. The SMILES string of the molecule is CN1CCN(c2ccc(N(Cc3ccccc3)C(=O)OC(C)(C)C)c([N+](=O)[O-])c2)CC1. The van der Waals surface area contributed by atoms with E-state index < -0.39 is 16.6 Å². The zero-order chi connectivity index (χ0) is 22.6. The number of nitrogens with zero attached hydrogens (tertiary/aromatic N) is 4. The highest BCUT2D eigenvalue weighted by Crippen LogP contribution is 2.34. The Bertz CT molecular complexity index is 919. The number of nitro groups is 1. The molecule has 0 aromatic heterocycles. The topological polar surface area (TPSA) is 79.2 Å². The summed E-state index contributed by atoms with van der Waals surface area (Å²) in [5.41, 5.74) is 1.03. The molecule has 1 aliphatic heterocycles. The largest absolute Gasteiger partial charge is 0.443 e. The van der Waals surface area contributed by atoms with Crippen molar-refractivity contribution in [2.24, 2.45) is 0 Å². The van der Waals surface area contributed by atoms with E-state index in [2.05, 4.69) is 16.8 Å². The molecule has 8 heteroatoms. The van der Waals surface area contributed by atoms with Crippen molar-refractivity contribution >= 4 is 23.2 Å². The summed E-state index contributed by atoms with van der Waals surface area (Å²) in [5, 5.41) is 12.0. The van der Waals surface area contributed by atoms with Gasteiger partial charge in [-0.05, 0) is 45.5 Å². The molecule has 166 valence electrons. The Labute approximate surface area is 183 Å². The van der Waals surface area contributed by atoms with Gasteiger partial charge in [-0.15, -0.1) is 0 Å². The van der Waals surface area contributed by atoms with Gasteiger partial charge in [-0.1, -0.05) is 30.3 Å². The van der Waals surface area contributed by atoms with Crippen molar-refractivity contribution in [2.75, 3.05) is 43.0 Å². The molecule has 2 aromatic rings. The maximum Gasteiger partial charge on any atom is 0.415 e. The second kappa shape index (κ2) is 9.34. The minimum absolute atomic E-state index is 0.113. The fourth-order valence-electron chi connectivity index (χ4n) is 3.48. The van der Waals surface area contributed by atoms with E-state index in [0.717, 1.165) is 37.4 Å². The molecule has 0 radical (unpaired) electrons. The van der Waals surface area contributed by atoms with Crippen LogP contribution in [0.2, 0.25) is 0 Å². The number of carbonyl (C=O) groups excluding carboxylic acids is 1. The van der Waals surface area contributed by atoms with E-state index in [9.17, 15) is 14.9 Å². The Morgan fingerprint density at radius 3 is 2.32 bits per heavy atom. The normalized spacial score (nSPS) is 14.9. The third kappa shape index (κ3) is 5.95. The Morgan fingerprint density at radius 1 is 1.10 bits per heavy atom. The van der Waals surface area contributed by atoms with Gasteiger partial charge in [0.15, 0.2) is 0 Å². The molecule has 1 amide bonds. The number of rotatable bonds is 5. The van der Waals surface area contributed by atoms with Gasteiger partial charge in [-0.3, -0.25) is 15.0 Å². The molecule has 0 spiro atoms. The molecular formula is C23H30N4O4. The average Bonchev–Trinajstić information content (AvgIpc) is 2.71. The van der Waals surface area contributed by atoms with Crippen LogP contribution in [-0.4, -0.2) is 54.7 Å². The first kappa shape index (κ1) is 22.6. The van der Waals surface area contributed by atoms with Crippen LogP contribution in [-0.2, 0) is 11.3 Å². The quantitative estimate of drug-likeness (QED) is 0.524. The molecule has 0 unspecified atom stereocenters. The van der Waals surface area contributed by atoms with Crippen LogP contribution in [0.3, 0.4) is 0 Å². The number of hydrogen-bond acceptors (Lipinski definition) is 6. The molecular weight excluding hydrogens is 396 g/mol. The van der Waals surface area contributed by atoms with Crippen molar-refractivity contribution in [3.63, 3.8) is 0 Å². The lowest BCUT2D eigenvalue weighted by molar-refractivity contribution is -0.384. The molecule has 1 heterocycles. The number of carbonyl (C=O) groups is 1. The van der Waals surface area contributed by atoms with Gasteiger partial charge < -0.3 is 14.5 Å². The number of anilines is 2. The molecule has 31 heavy (non-hydrogen) atoms. The molecule has 2 aromatic carbocycles. The monoisotopic (exact) mass is 426 g/mol. The van der Waals surface area contributed by atoms with Crippen LogP contribution in [0.4, 0.5) is 21.9 Å². The molecule has 1 saturated heterocycles. The Hall–Kier alpha value is -3.13. The van der Waals surface area contributed by atoms with Crippen LogP contribution >= 0.6 is 0 Å². The van der Waals surface area contributed by atoms with Crippen LogP contribution in [0.5, 0.6) is 0 Å². The van der Waals surface area contributed by atoms with Crippen molar-refractivity contribution in [3.05, 3.63) is 64.2 Å². The number of ether oxygens (including phenoxy) is 1. The van der Waals surface area contributed by atoms with Crippen LogP contribution < -0.4 is 9.80 Å². The number of hydrogen-bond donors (Lipinski definition) is 0. The lowest BCUT2D eigenvalue weighted by Crippen LogP contribution is -2.44. The summed E-state index contributed by atoms with van der Waals surface area (Å²) in [7, 11) is 2.06. The van der Waals surface area contributed by atoms with Gasteiger partial charge in [0.1, 0.15) is 11.3 Å². The summed E-state index contributed by atoms with van der Waals surface area (Å²) >= 11 is 0. The number of likely N-dealkylation sites (N-methyl/N-ethyl adjacent to an activating group) is 1. The van der Waals surface area contributed by atoms with Crippen LogP contribution in [0.25, 0.3) is 0 Å². The standard InChI is InChI=1S/C23H30N4O4/c1-23(2,3)31-22(28)26(17-18-8-6-5-7-9-18)20-11-10-19(16-21(20)27(29)30)25-14-12-24(4)13-15-25/h5-11,16H,12-15,17H2,1-4H3. The first-order valence-electron chi connectivity index (χ1n) is 10.4. The zero-order valence-corrected chi connectivity index (χ0v) is 18.6. The van der Waals surface area contributed by atoms with Crippen LogP contribution in [0.1, 0.15) is 26.3 Å². The summed E-state index contributed by atoms with van der Waals surface area (Å²) in [6.45, 7) is 8.88. The van der Waals surface area contributed by atoms with Crippen LogP contribution in [0, 0.1) is 10.1 Å². The van der Waals surface area contributed by atoms with Crippen molar-refractivity contribution in [2.45, 2.75) is 32.9 Å². The van der Waals surface area contributed by atoms with Crippen molar-refractivity contribution in [1.82, 2.24) is 4.90 Å². The highest BCUT2D eigenvalue weighted by atomic mass is 16.6. The second-order valence-electron chi connectivity index (χ2n) is 8.77. The van der Waals surface area contributed by atoms with E-state index in [1.165, 1.54) is 4.90 Å². The van der Waals surface area contributed by atoms with Gasteiger partial charge in [0, 0.05) is 37.9 Å². The van der Waals surface area contributed by atoms with E-state index in [1.54, 1.807) is 32.9 Å². The van der Waals surface area contributed by atoms with Gasteiger partial charge in [-0.2, -0.15) is 0 Å². The Balaban J connectivity index is 1.98. The molecule has 0 bridgehead atoms. The Morgan fingerprint density at radius 2 is 1.74 bits per heavy atom. The molecule has 8 nitrogen and oxygen atoms in total. The Kier molecular flexibility index (Phi) is 6.80. The van der Waals surface area contributed by atoms with Gasteiger partial charge in [0.25, 0.3) is 5.69 Å². The van der Waals surface area contributed by atoms with Gasteiger partial charge in [0.05, 0.1) is 11.5 Å². The van der Waals surface area contributed by atoms with E-state index in [1.807, 2.05) is 36.4 Å². The first-order chi connectivity index (χ1) is 14.6. The van der Waals surface area contributed by atoms with Gasteiger partial charge >= 0.3 is 6.09 Å². The lowest BCUT2D eigenvalue weighted by atomic mass is 10.1. The average molecular weight is 427 g/mol. The molecule has 1 aliphatic rings. The smallest absolute Gasteiger partial charge is 0.415 e. The van der Waals surface area contributed by atoms with E-state index >= 15 is 0 Å². The fraction of sp³-hybridized carbons (Fsp3) is 0.435. The number of piperazine rings is 1. The number of nitro benzene ring substituents is 1. The van der Waals surface area contributed by atoms with Crippen molar-refractivity contribution < 1.29 is 14.5 Å². The molecule has 1 fully saturated rings. The zero-order valence-electron chi connectivity index (χ0n) is 18.6. The third-order valence-corrected chi connectivity index (χ3v) is 5.11. The molecule has 0 atom stereocenters. The van der Waals surface area contributed by atoms with E-state index in [4.69, 9.17) is 4.74 Å². The number of benzene rings is 2. The molecule has 3 rings (SSSR count). The molecule has 0 N–H and O–H groups in total. The predicted molar refractivity (Wildman–Crippen MR) is 122 cm³/mol. The second-order valence-corrected chi connectivity index (χ2v) is 8.77. The summed E-state index contributed by atoms with van der Waals surface area (Å²) in [6.07, 6.45) is -0.619. The maximum atomic E-state index is 13.0. The van der Waals surface area contributed by atoms with Gasteiger partial charge in [-0.25, -0.2) is 4.79 Å². The highest BCUT2D eigenvalue weighted by Gasteiger charge is 2.30. The summed E-state index contributed by atoms with van der Waals surface area (Å²) in [5.74, 6) is 0. The van der Waals surface area contributed by atoms with Crippen molar-refractivity contribution in [1.29, 1.82) is 0 Å². The summed E-state index contributed by atoms with van der Waals surface area (Å²) < 4.78 is 5.57. The minimum atomic E-state index is -0.722. The molecule has 0 aliphatic carbocycles.